The average Bonchev–Trinajstić information content (AvgIpc) is 2.40. The van der Waals surface area contributed by atoms with Crippen LogP contribution in [0.15, 0.2) is 18.2 Å². The van der Waals surface area contributed by atoms with E-state index < -0.39 is 5.97 Å². The van der Waals surface area contributed by atoms with Gasteiger partial charge in [-0.1, -0.05) is 13.3 Å². The van der Waals surface area contributed by atoms with Crippen LogP contribution < -0.4 is 9.80 Å². The Balaban J connectivity index is 2.41. The van der Waals surface area contributed by atoms with Crippen LogP contribution in [0, 0.1) is 0 Å². The Morgan fingerprint density at radius 1 is 1.37 bits per heavy atom. The molecule has 0 saturated heterocycles. The Morgan fingerprint density at radius 2 is 2.11 bits per heavy atom. The van der Waals surface area contributed by atoms with E-state index in [-0.39, 0.29) is 11.5 Å². The second-order valence-electron chi connectivity index (χ2n) is 4.74. The molecular formula is C14H18N2O3. The van der Waals surface area contributed by atoms with Gasteiger partial charge in [0.25, 0.3) is 0 Å². The largest absolute Gasteiger partial charge is 0.478 e. The summed E-state index contributed by atoms with van der Waals surface area (Å²) in [5.74, 6) is -0.913. The van der Waals surface area contributed by atoms with Crippen LogP contribution in [0.25, 0.3) is 0 Å². The first kappa shape index (κ1) is 13.4. The molecule has 1 N–H and O–H groups in total. The molecule has 0 aromatic heterocycles. The minimum atomic E-state index is -0.946. The molecule has 1 aliphatic rings. The van der Waals surface area contributed by atoms with Crippen molar-refractivity contribution in [2.45, 2.75) is 19.8 Å². The van der Waals surface area contributed by atoms with Crippen molar-refractivity contribution < 1.29 is 14.7 Å². The summed E-state index contributed by atoms with van der Waals surface area (Å²) in [6.45, 7) is 3.17. The number of hydrogen-bond acceptors (Lipinski definition) is 3. The van der Waals surface area contributed by atoms with E-state index in [9.17, 15) is 9.59 Å². The fraction of sp³-hybridized carbons (Fsp3) is 0.429. The highest BCUT2D eigenvalue weighted by Crippen LogP contribution is 2.33. The molecule has 0 spiro atoms. The van der Waals surface area contributed by atoms with Gasteiger partial charge < -0.3 is 14.9 Å². The Hall–Kier alpha value is -2.04. The third kappa shape index (κ3) is 2.54. The van der Waals surface area contributed by atoms with Gasteiger partial charge in [0, 0.05) is 13.6 Å². The summed E-state index contributed by atoms with van der Waals surface area (Å²) in [4.78, 5) is 26.5. The summed E-state index contributed by atoms with van der Waals surface area (Å²) in [5.41, 5.74) is 1.86. The van der Waals surface area contributed by atoms with E-state index in [4.69, 9.17) is 5.11 Å². The number of carboxylic acid groups (broad SMARTS) is 1. The number of carbonyl (C=O) groups excluding carboxylic acids is 1. The minimum absolute atomic E-state index is 0.0340. The number of carbonyl (C=O) groups is 2. The number of aromatic carboxylic acids is 1. The van der Waals surface area contributed by atoms with Gasteiger partial charge in [-0.05, 0) is 24.6 Å². The summed E-state index contributed by atoms with van der Waals surface area (Å²) < 4.78 is 0. The fourth-order valence-electron chi connectivity index (χ4n) is 2.23. The molecule has 1 aliphatic heterocycles. The summed E-state index contributed by atoms with van der Waals surface area (Å²) in [5, 5.41) is 9.07. The molecule has 2 rings (SSSR count). The van der Waals surface area contributed by atoms with Crippen LogP contribution in [0.1, 0.15) is 30.1 Å². The van der Waals surface area contributed by atoms with Gasteiger partial charge in [-0.2, -0.15) is 0 Å². The Kier molecular flexibility index (Phi) is 3.74. The smallest absolute Gasteiger partial charge is 0.335 e. The lowest BCUT2D eigenvalue weighted by molar-refractivity contribution is -0.117. The molecule has 1 amide bonds. The maximum Gasteiger partial charge on any atom is 0.335 e. The van der Waals surface area contributed by atoms with Crippen molar-refractivity contribution in [3.63, 3.8) is 0 Å². The average molecular weight is 262 g/mol. The lowest BCUT2D eigenvalue weighted by atomic mass is 10.1. The maximum atomic E-state index is 11.9. The molecule has 0 unspecified atom stereocenters. The normalized spacial score (nSPS) is 14.5. The molecule has 0 aliphatic carbocycles. The van der Waals surface area contributed by atoms with E-state index in [0.717, 1.165) is 30.8 Å². The van der Waals surface area contributed by atoms with Crippen molar-refractivity contribution in [2.24, 2.45) is 0 Å². The number of carboxylic acids is 1. The molecule has 1 aromatic rings. The number of fused-ring (bicyclic) bond motifs is 1. The van der Waals surface area contributed by atoms with Crippen LogP contribution in [-0.4, -0.2) is 37.1 Å². The van der Waals surface area contributed by atoms with E-state index in [2.05, 4.69) is 6.92 Å². The van der Waals surface area contributed by atoms with Crippen LogP contribution in [0.2, 0.25) is 0 Å². The zero-order chi connectivity index (χ0) is 14.0. The van der Waals surface area contributed by atoms with Crippen molar-refractivity contribution in [2.75, 3.05) is 29.9 Å². The molecular weight excluding hydrogens is 244 g/mol. The quantitative estimate of drug-likeness (QED) is 0.901. The van der Waals surface area contributed by atoms with Crippen molar-refractivity contribution in [3.8, 4) is 0 Å². The molecule has 5 nitrogen and oxygen atoms in total. The molecule has 0 bridgehead atoms. The summed E-state index contributed by atoms with van der Waals surface area (Å²) in [6, 6.07) is 4.89. The highest BCUT2D eigenvalue weighted by atomic mass is 16.4. The van der Waals surface area contributed by atoms with E-state index in [1.807, 2.05) is 4.90 Å². The number of rotatable bonds is 4. The molecule has 0 radical (unpaired) electrons. The Labute approximate surface area is 112 Å². The molecule has 5 heteroatoms. The SMILES string of the molecule is CCCCN1CC(=O)N(C)c2ccc(C(=O)O)cc21. The topological polar surface area (TPSA) is 60.9 Å². The Morgan fingerprint density at radius 3 is 2.74 bits per heavy atom. The minimum Gasteiger partial charge on any atom is -0.478 e. The van der Waals surface area contributed by atoms with Gasteiger partial charge in [0.1, 0.15) is 0 Å². The van der Waals surface area contributed by atoms with Crippen molar-refractivity contribution in [1.82, 2.24) is 0 Å². The van der Waals surface area contributed by atoms with Crippen molar-refractivity contribution in [3.05, 3.63) is 23.8 Å². The zero-order valence-electron chi connectivity index (χ0n) is 11.2. The predicted molar refractivity (Wildman–Crippen MR) is 73.9 cm³/mol. The van der Waals surface area contributed by atoms with E-state index >= 15 is 0 Å². The van der Waals surface area contributed by atoms with E-state index in [1.54, 1.807) is 24.1 Å². The van der Waals surface area contributed by atoms with Crippen LogP contribution >= 0.6 is 0 Å². The number of hydrogen-bond donors (Lipinski definition) is 1. The second-order valence-corrected chi connectivity index (χ2v) is 4.74. The molecule has 19 heavy (non-hydrogen) atoms. The number of anilines is 2. The molecule has 1 heterocycles. The van der Waals surface area contributed by atoms with Gasteiger partial charge in [-0.25, -0.2) is 4.79 Å². The number of amides is 1. The second kappa shape index (κ2) is 5.30. The van der Waals surface area contributed by atoms with Crippen LogP contribution in [0.3, 0.4) is 0 Å². The maximum absolute atomic E-state index is 11.9. The van der Waals surface area contributed by atoms with Gasteiger partial charge in [-0.15, -0.1) is 0 Å². The van der Waals surface area contributed by atoms with Crippen molar-refractivity contribution in [1.29, 1.82) is 0 Å². The van der Waals surface area contributed by atoms with E-state index in [0.29, 0.717) is 6.54 Å². The molecule has 1 aromatic carbocycles. The number of nitrogens with zero attached hydrogens (tertiary/aromatic N) is 2. The Bertz CT molecular complexity index is 513. The predicted octanol–water partition coefficient (Wildman–Crippen LogP) is 1.97. The van der Waals surface area contributed by atoms with Gasteiger partial charge >= 0.3 is 5.97 Å². The van der Waals surface area contributed by atoms with Gasteiger partial charge in [0.2, 0.25) is 5.91 Å². The first-order valence-electron chi connectivity index (χ1n) is 6.43. The molecule has 102 valence electrons. The van der Waals surface area contributed by atoms with Crippen LogP contribution in [-0.2, 0) is 4.79 Å². The third-order valence-corrected chi connectivity index (χ3v) is 3.41. The highest BCUT2D eigenvalue weighted by Gasteiger charge is 2.27. The fourth-order valence-corrected chi connectivity index (χ4v) is 2.23. The lowest BCUT2D eigenvalue weighted by Gasteiger charge is -2.35. The molecule has 0 fully saturated rings. The number of unbranched alkanes of at least 4 members (excludes halogenated alkanes) is 1. The first-order chi connectivity index (χ1) is 9.04. The van der Waals surface area contributed by atoms with Crippen LogP contribution in [0.5, 0.6) is 0 Å². The summed E-state index contributed by atoms with van der Waals surface area (Å²) in [7, 11) is 1.72. The zero-order valence-corrected chi connectivity index (χ0v) is 11.2. The first-order valence-corrected chi connectivity index (χ1v) is 6.43. The third-order valence-electron chi connectivity index (χ3n) is 3.41. The number of benzene rings is 1. The van der Waals surface area contributed by atoms with E-state index in [1.165, 1.54) is 6.07 Å². The molecule has 0 atom stereocenters. The summed E-state index contributed by atoms with van der Waals surface area (Å²) in [6.07, 6.45) is 2.02. The van der Waals surface area contributed by atoms with Crippen molar-refractivity contribution >= 4 is 23.3 Å². The van der Waals surface area contributed by atoms with Gasteiger partial charge in [0.05, 0.1) is 23.5 Å². The van der Waals surface area contributed by atoms with Crippen LogP contribution in [0.4, 0.5) is 11.4 Å². The van der Waals surface area contributed by atoms with Gasteiger partial charge in [-0.3, -0.25) is 4.79 Å². The lowest BCUT2D eigenvalue weighted by Crippen LogP contribution is -2.44. The van der Waals surface area contributed by atoms with Gasteiger partial charge in [0.15, 0.2) is 0 Å². The monoisotopic (exact) mass is 262 g/mol. The summed E-state index contributed by atoms with van der Waals surface area (Å²) >= 11 is 0. The highest BCUT2D eigenvalue weighted by molar-refractivity contribution is 6.04. The number of likely N-dealkylation sites (N-methyl/N-ethyl adjacent to an activating group) is 1. The molecule has 0 saturated carbocycles. The standard InChI is InChI=1S/C14H18N2O3/c1-3-4-7-16-9-13(17)15(2)11-6-5-10(14(18)19)8-12(11)16/h5-6,8H,3-4,7,9H2,1-2H3,(H,18,19).